The molecule has 30 heavy (non-hydrogen) atoms. The summed E-state index contributed by atoms with van der Waals surface area (Å²) in [6, 6.07) is 19.2. The number of benzene rings is 2. The summed E-state index contributed by atoms with van der Waals surface area (Å²) < 4.78 is 0. The first-order valence-corrected chi connectivity index (χ1v) is 11.8. The maximum atomic E-state index is 13.0. The summed E-state index contributed by atoms with van der Waals surface area (Å²) in [4.78, 5) is 23.7. The minimum atomic E-state index is 0.121. The number of rotatable bonds is 6. The molecule has 2 aliphatic rings. The first-order chi connectivity index (χ1) is 14.6. The number of Topliss-reactive ketones (excluding diaryl/α,β-unsaturated/α-hetero) is 2. The molecule has 2 heteroatoms. The molecule has 2 saturated carbocycles. The van der Waals surface area contributed by atoms with Crippen LogP contribution in [0.3, 0.4) is 0 Å². The van der Waals surface area contributed by atoms with Gasteiger partial charge in [0.15, 0.2) is 11.6 Å². The highest BCUT2D eigenvalue weighted by Gasteiger charge is 2.33. The summed E-state index contributed by atoms with van der Waals surface area (Å²) >= 11 is 0. The van der Waals surface area contributed by atoms with E-state index in [4.69, 9.17) is 0 Å². The Balaban J connectivity index is 0.000000239. The lowest BCUT2D eigenvalue weighted by Crippen LogP contribution is -2.26. The fourth-order valence-electron chi connectivity index (χ4n) is 5.14. The monoisotopic (exact) mass is 404 g/mol. The van der Waals surface area contributed by atoms with E-state index in [0.29, 0.717) is 11.7 Å². The van der Waals surface area contributed by atoms with Crippen molar-refractivity contribution in [2.45, 2.75) is 71.1 Å². The van der Waals surface area contributed by atoms with E-state index in [1.165, 1.54) is 57.8 Å². The van der Waals surface area contributed by atoms with Crippen LogP contribution in [0.1, 0.15) is 91.8 Å². The third kappa shape index (κ3) is 6.65. The van der Waals surface area contributed by atoms with Gasteiger partial charge in [0.1, 0.15) is 0 Å². The normalized spacial score (nSPS) is 18.3. The largest absolute Gasteiger partial charge is 0.295 e. The highest BCUT2D eigenvalue weighted by molar-refractivity contribution is 5.98. The average Bonchev–Trinajstić information content (AvgIpc) is 3.34. The zero-order chi connectivity index (χ0) is 21.2. The van der Waals surface area contributed by atoms with Crippen molar-refractivity contribution in [3.8, 4) is 0 Å². The lowest BCUT2D eigenvalue weighted by Gasteiger charge is -2.29. The molecule has 0 spiro atoms. The van der Waals surface area contributed by atoms with Gasteiger partial charge in [-0.1, -0.05) is 106 Å². The summed E-state index contributed by atoms with van der Waals surface area (Å²) in [6.07, 6.45) is 13.2. The van der Waals surface area contributed by atoms with E-state index < -0.39 is 0 Å². The molecule has 2 aromatic rings. The van der Waals surface area contributed by atoms with Gasteiger partial charge in [-0.25, -0.2) is 0 Å². The van der Waals surface area contributed by atoms with Gasteiger partial charge in [-0.3, -0.25) is 9.59 Å². The van der Waals surface area contributed by atoms with E-state index in [0.717, 1.165) is 23.5 Å². The van der Waals surface area contributed by atoms with Crippen LogP contribution in [-0.2, 0) is 0 Å². The van der Waals surface area contributed by atoms with E-state index in [1.807, 2.05) is 60.7 Å². The number of hydrogen-bond donors (Lipinski definition) is 0. The van der Waals surface area contributed by atoms with Crippen molar-refractivity contribution in [3.05, 3.63) is 71.8 Å². The standard InChI is InChI=1S/C20H28O.C8H8O/c21-20(18-13-5-2-6-14-18)19(17-11-7-8-12-17)15-16-9-3-1-4-10-16;1-7(9)8-5-3-2-4-6-8/h2,5-6,13-14,16-17,19H,1,3-4,7-12,15H2;2-6H,1H3. The predicted octanol–water partition coefficient (Wildman–Crippen LogP) is 7.54. The summed E-state index contributed by atoms with van der Waals surface area (Å²) in [7, 11) is 0. The van der Waals surface area contributed by atoms with Gasteiger partial charge in [0.25, 0.3) is 0 Å². The van der Waals surface area contributed by atoms with Crippen molar-refractivity contribution in [1.82, 2.24) is 0 Å². The molecule has 0 aliphatic heterocycles. The van der Waals surface area contributed by atoms with E-state index in [2.05, 4.69) is 0 Å². The van der Waals surface area contributed by atoms with Gasteiger partial charge < -0.3 is 0 Å². The first-order valence-electron chi connectivity index (χ1n) is 11.8. The third-order valence-corrected chi connectivity index (χ3v) is 6.86. The van der Waals surface area contributed by atoms with Crippen LogP contribution in [0.2, 0.25) is 0 Å². The molecule has 2 nitrogen and oxygen atoms in total. The maximum absolute atomic E-state index is 13.0. The van der Waals surface area contributed by atoms with Crippen molar-refractivity contribution >= 4 is 11.6 Å². The van der Waals surface area contributed by atoms with Gasteiger partial charge in [-0.15, -0.1) is 0 Å². The second-order valence-corrected chi connectivity index (χ2v) is 9.04. The molecule has 0 bridgehead atoms. The molecule has 1 atom stereocenters. The second-order valence-electron chi connectivity index (χ2n) is 9.04. The van der Waals surface area contributed by atoms with Gasteiger partial charge in [-0.05, 0) is 38.0 Å². The van der Waals surface area contributed by atoms with E-state index >= 15 is 0 Å². The van der Waals surface area contributed by atoms with Crippen LogP contribution in [0.4, 0.5) is 0 Å². The van der Waals surface area contributed by atoms with Crippen molar-refractivity contribution in [1.29, 1.82) is 0 Å². The molecule has 4 rings (SSSR count). The maximum Gasteiger partial charge on any atom is 0.166 e. The minimum absolute atomic E-state index is 0.121. The topological polar surface area (TPSA) is 34.1 Å². The number of carbonyl (C=O) groups is 2. The predicted molar refractivity (Wildman–Crippen MR) is 124 cm³/mol. The third-order valence-electron chi connectivity index (χ3n) is 6.86. The van der Waals surface area contributed by atoms with Gasteiger partial charge in [0.2, 0.25) is 0 Å². The lowest BCUT2D eigenvalue weighted by atomic mass is 9.75. The van der Waals surface area contributed by atoms with Crippen LogP contribution in [-0.4, -0.2) is 11.6 Å². The van der Waals surface area contributed by atoms with Crippen LogP contribution in [0.15, 0.2) is 60.7 Å². The van der Waals surface area contributed by atoms with Crippen molar-refractivity contribution in [2.75, 3.05) is 0 Å². The molecule has 0 aromatic heterocycles. The molecule has 0 radical (unpaired) electrons. The lowest BCUT2D eigenvalue weighted by molar-refractivity contribution is 0.0832. The fourth-order valence-corrected chi connectivity index (χ4v) is 5.14. The molecule has 2 fully saturated rings. The highest BCUT2D eigenvalue weighted by atomic mass is 16.1. The fraction of sp³-hybridized carbons (Fsp3) is 0.500. The van der Waals surface area contributed by atoms with Gasteiger partial charge in [0, 0.05) is 17.0 Å². The smallest absolute Gasteiger partial charge is 0.166 e. The van der Waals surface area contributed by atoms with Gasteiger partial charge in [0.05, 0.1) is 0 Å². The number of ketones is 2. The van der Waals surface area contributed by atoms with Crippen LogP contribution in [0.25, 0.3) is 0 Å². The molecule has 0 amide bonds. The van der Waals surface area contributed by atoms with E-state index in [1.54, 1.807) is 6.92 Å². The average molecular weight is 405 g/mol. The SMILES string of the molecule is CC(=O)c1ccccc1.O=C(c1ccccc1)C(CC1CCCCC1)C1CCCC1. The molecule has 1 unspecified atom stereocenters. The van der Waals surface area contributed by atoms with Gasteiger partial charge in [-0.2, -0.15) is 0 Å². The van der Waals surface area contributed by atoms with Crippen molar-refractivity contribution in [2.24, 2.45) is 17.8 Å². The Morgan fingerprint density at radius 3 is 1.73 bits per heavy atom. The Morgan fingerprint density at radius 1 is 0.733 bits per heavy atom. The Labute approximate surface area is 182 Å². The van der Waals surface area contributed by atoms with Crippen molar-refractivity contribution in [3.63, 3.8) is 0 Å². The Morgan fingerprint density at radius 2 is 1.23 bits per heavy atom. The Kier molecular flexibility index (Phi) is 8.86. The minimum Gasteiger partial charge on any atom is -0.295 e. The van der Waals surface area contributed by atoms with Crippen molar-refractivity contribution < 1.29 is 9.59 Å². The van der Waals surface area contributed by atoms with Gasteiger partial charge >= 0.3 is 0 Å². The molecular weight excluding hydrogens is 368 g/mol. The molecule has 2 aromatic carbocycles. The zero-order valence-electron chi connectivity index (χ0n) is 18.4. The molecule has 160 valence electrons. The van der Waals surface area contributed by atoms with Crippen LogP contribution in [0.5, 0.6) is 0 Å². The highest BCUT2D eigenvalue weighted by Crippen LogP contribution is 2.39. The molecule has 0 saturated heterocycles. The Hall–Kier alpha value is -2.22. The summed E-state index contributed by atoms with van der Waals surface area (Å²) in [5, 5.41) is 0. The van der Waals surface area contributed by atoms with E-state index in [-0.39, 0.29) is 11.7 Å². The first kappa shape index (κ1) is 22.5. The molecule has 0 heterocycles. The molecule has 2 aliphatic carbocycles. The zero-order valence-corrected chi connectivity index (χ0v) is 18.4. The number of carbonyl (C=O) groups excluding carboxylic acids is 2. The molecule has 0 N–H and O–H groups in total. The Bertz CT molecular complexity index is 769. The van der Waals surface area contributed by atoms with E-state index in [9.17, 15) is 9.59 Å². The molecular formula is C28H36O2. The van der Waals surface area contributed by atoms with Crippen LogP contribution < -0.4 is 0 Å². The van der Waals surface area contributed by atoms with Crippen LogP contribution >= 0.6 is 0 Å². The summed E-state index contributed by atoms with van der Waals surface area (Å²) in [5.74, 6) is 2.29. The summed E-state index contributed by atoms with van der Waals surface area (Å²) in [5.41, 5.74) is 1.71. The quantitative estimate of drug-likeness (QED) is 0.466. The van der Waals surface area contributed by atoms with Crippen LogP contribution in [0, 0.1) is 17.8 Å². The second kappa shape index (κ2) is 11.8. The summed E-state index contributed by atoms with van der Waals surface area (Å²) in [6.45, 7) is 1.56. The number of hydrogen-bond acceptors (Lipinski definition) is 2.